The van der Waals surface area contributed by atoms with Gasteiger partial charge in [0.2, 0.25) is 0 Å². The summed E-state index contributed by atoms with van der Waals surface area (Å²) in [5.41, 5.74) is -0.0695. The van der Waals surface area contributed by atoms with Crippen molar-refractivity contribution in [3.8, 4) is 0 Å². The lowest BCUT2D eigenvalue weighted by Gasteiger charge is -2.30. The van der Waals surface area contributed by atoms with E-state index in [0.717, 1.165) is 12.8 Å². The molecule has 128 valence electrons. The zero-order valence-corrected chi connectivity index (χ0v) is 14.5. The molecule has 1 saturated heterocycles. The van der Waals surface area contributed by atoms with Crippen LogP contribution in [0.15, 0.2) is 18.2 Å². The molecule has 0 aliphatic carbocycles. The monoisotopic (exact) mass is 342 g/mol. The number of carbonyl (C=O) groups excluding carboxylic acids is 1. The highest BCUT2D eigenvalue weighted by molar-refractivity contribution is 6.30. The summed E-state index contributed by atoms with van der Waals surface area (Å²) in [4.78, 5) is 12.1. The number of ether oxygens (including phenoxy) is 1. The average Bonchev–Trinajstić information content (AvgIpc) is 2.48. The predicted molar refractivity (Wildman–Crippen MR) is 89.4 cm³/mol. The molecule has 1 aliphatic heterocycles. The van der Waals surface area contributed by atoms with Crippen LogP contribution in [0.1, 0.15) is 39.2 Å². The normalized spacial score (nSPS) is 21.8. The zero-order chi connectivity index (χ0) is 17.0. The molecule has 0 radical (unpaired) electrons. The van der Waals surface area contributed by atoms with Crippen molar-refractivity contribution in [2.24, 2.45) is 0 Å². The Morgan fingerprint density at radius 3 is 2.91 bits per heavy atom. The van der Waals surface area contributed by atoms with Gasteiger partial charge in [0.25, 0.3) is 0 Å². The van der Waals surface area contributed by atoms with Gasteiger partial charge in [-0.15, -0.1) is 0 Å². The van der Waals surface area contributed by atoms with Crippen LogP contribution >= 0.6 is 11.6 Å². The molecule has 1 aromatic rings. The lowest BCUT2D eigenvalue weighted by Crippen LogP contribution is -2.48. The van der Waals surface area contributed by atoms with E-state index in [-0.39, 0.29) is 23.2 Å². The van der Waals surface area contributed by atoms with Crippen LogP contribution in [0, 0.1) is 5.82 Å². The smallest absolute Gasteiger partial charge is 0.315 e. The summed E-state index contributed by atoms with van der Waals surface area (Å²) in [6, 6.07) is 4.81. The van der Waals surface area contributed by atoms with Gasteiger partial charge in [-0.2, -0.15) is 0 Å². The number of hydrogen-bond acceptors (Lipinski definition) is 2. The van der Waals surface area contributed by atoms with Crippen molar-refractivity contribution >= 4 is 17.6 Å². The van der Waals surface area contributed by atoms with Crippen molar-refractivity contribution in [2.75, 3.05) is 13.2 Å². The van der Waals surface area contributed by atoms with Crippen molar-refractivity contribution < 1.29 is 13.9 Å². The fourth-order valence-corrected chi connectivity index (χ4v) is 2.96. The SMILES string of the molecule is CC1CC(NC(=O)NCC(C)(C)c2cccc(Cl)c2F)CCO1. The van der Waals surface area contributed by atoms with E-state index in [1.165, 1.54) is 6.07 Å². The first-order valence-electron chi connectivity index (χ1n) is 7.90. The number of benzene rings is 1. The Kier molecular flexibility index (Phi) is 5.87. The first-order chi connectivity index (χ1) is 10.8. The van der Waals surface area contributed by atoms with Crippen molar-refractivity contribution in [1.29, 1.82) is 0 Å². The summed E-state index contributed by atoms with van der Waals surface area (Å²) >= 11 is 5.84. The molecular formula is C17H24ClFN2O2. The maximum Gasteiger partial charge on any atom is 0.315 e. The third-order valence-electron chi connectivity index (χ3n) is 4.19. The van der Waals surface area contributed by atoms with Crippen LogP contribution in [0.3, 0.4) is 0 Å². The van der Waals surface area contributed by atoms with Gasteiger partial charge < -0.3 is 15.4 Å². The third kappa shape index (κ3) is 4.82. The molecule has 1 heterocycles. The van der Waals surface area contributed by atoms with Gasteiger partial charge in [0.05, 0.1) is 11.1 Å². The first-order valence-corrected chi connectivity index (χ1v) is 8.28. The van der Waals surface area contributed by atoms with Gasteiger partial charge in [-0.05, 0) is 31.4 Å². The van der Waals surface area contributed by atoms with Gasteiger partial charge in [-0.1, -0.05) is 37.6 Å². The number of carbonyl (C=O) groups is 1. The predicted octanol–water partition coefficient (Wildman–Crippen LogP) is 3.62. The highest BCUT2D eigenvalue weighted by Gasteiger charge is 2.27. The average molecular weight is 343 g/mol. The second-order valence-corrected chi connectivity index (χ2v) is 7.12. The molecule has 1 aliphatic rings. The summed E-state index contributed by atoms with van der Waals surface area (Å²) in [7, 11) is 0. The number of rotatable bonds is 4. The topological polar surface area (TPSA) is 50.4 Å². The highest BCUT2D eigenvalue weighted by Crippen LogP contribution is 2.28. The summed E-state index contributed by atoms with van der Waals surface area (Å²) in [5, 5.41) is 5.87. The molecule has 2 amide bonds. The van der Waals surface area contributed by atoms with Crippen LogP contribution in [0.5, 0.6) is 0 Å². The molecule has 0 spiro atoms. The van der Waals surface area contributed by atoms with Crippen molar-refractivity contribution in [1.82, 2.24) is 10.6 Å². The summed E-state index contributed by atoms with van der Waals surface area (Å²) in [6.45, 7) is 6.72. The lowest BCUT2D eigenvalue weighted by molar-refractivity contribution is 0.0154. The molecule has 4 nitrogen and oxygen atoms in total. The Balaban J connectivity index is 1.91. The minimum Gasteiger partial charge on any atom is -0.378 e. The fourth-order valence-electron chi connectivity index (χ4n) is 2.79. The van der Waals surface area contributed by atoms with E-state index in [4.69, 9.17) is 16.3 Å². The zero-order valence-electron chi connectivity index (χ0n) is 13.8. The number of halogens is 2. The number of nitrogens with one attached hydrogen (secondary N) is 2. The largest absolute Gasteiger partial charge is 0.378 e. The van der Waals surface area contributed by atoms with Crippen molar-refractivity contribution in [2.45, 2.75) is 51.2 Å². The van der Waals surface area contributed by atoms with E-state index < -0.39 is 11.2 Å². The molecule has 2 rings (SSSR count). The van der Waals surface area contributed by atoms with Gasteiger partial charge in [-0.3, -0.25) is 0 Å². The number of hydrogen-bond donors (Lipinski definition) is 2. The van der Waals surface area contributed by atoms with Gasteiger partial charge in [0.1, 0.15) is 5.82 Å². The molecule has 1 aromatic carbocycles. The maximum absolute atomic E-state index is 14.2. The molecule has 1 fully saturated rings. The van der Waals surface area contributed by atoms with E-state index in [0.29, 0.717) is 18.7 Å². The van der Waals surface area contributed by atoms with Crippen LogP contribution < -0.4 is 10.6 Å². The highest BCUT2D eigenvalue weighted by atomic mass is 35.5. The molecule has 6 heteroatoms. The Hall–Kier alpha value is -1.33. The number of urea groups is 1. The van der Waals surface area contributed by atoms with Crippen molar-refractivity contribution in [3.05, 3.63) is 34.6 Å². The van der Waals surface area contributed by atoms with Crippen molar-refractivity contribution in [3.63, 3.8) is 0 Å². The van der Waals surface area contributed by atoms with Crippen LogP contribution in [-0.2, 0) is 10.2 Å². The summed E-state index contributed by atoms with van der Waals surface area (Å²) in [5.74, 6) is -0.431. The molecular weight excluding hydrogens is 319 g/mol. The van der Waals surface area contributed by atoms with Gasteiger partial charge in [-0.25, -0.2) is 9.18 Å². The molecule has 2 atom stereocenters. The van der Waals surface area contributed by atoms with Crippen LogP contribution in [0.25, 0.3) is 0 Å². The Labute approximate surface area is 141 Å². The Morgan fingerprint density at radius 2 is 2.22 bits per heavy atom. The molecule has 2 N–H and O–H groups in total. The number of amides is 2. The Bertz CT molecular complexity index is 566. The van der Waals surface area contributed by atoms with Crippen LogP contribution in [0.2, 0.25) is 5.02 Å². The Morgan fingerprint density at radius 1 is 1.48 bits per heavy atom. The van der Waals surface area contributed by atoms with E-state index in [1.54, 1.807) is 12.1 Å². The molecule has 0 bridgehead atoms. The molecule has 0 aromatic heterocycles. The van der Waals surface area contributed by atoms with E-state index in [1.807, 2.05) is 20.8 Å². The fraction of sp³-hybridized carbons (Fsp3) is 0.588. The van der Waals surface area contributed by atoms with Gasteiger partial charge in [0.15, 0.2) is 0 Å². The van der Waals surface area contributed by atoms with Gasteiger partial charge >= 0.3 is 6.03 Å². The quantitative estimate of drug-likeness (QED) is 0.878. The standard InChI is InChI=1S/C17H24ClFN2O2/c1-11-9-12(7-8-23-11)21-16(22)20-10-17(2,3)13-5-4-6-14(18)15(13)19/h4-6,11-12H,7-10H2,1-3H3,(H2,20,21,22). The maximum atomic E-state index is 14.2. The minimum atomic E-state index is -0.560. The minimum absolute atomic E-state index is 0.0937. The second-order valence-electron chi connectivity index (χ2n) is 6.71. The summed E-state index contributed by atoms with van der Waals surface area (Å²) < 4.78 is 19.6. The van der Waals surface area contributed by atoms with E-state index in [9.17, 15) is 9.18 Å². The molecule has 2 unspecified atom stereocenters. The van der Waals surface area contributed by atoms with Gasteiger partial charge in [0, 0.05) is 24.6 Å². The summed E-state index contributed by atoms with van der Waals surface area (Å²) in [6.07, 6.45) is 1.77. The molecule has 0 saturated carbocycles. The third-order valence-corrected chi connectivity index (χ3v) is 4.48. The van der Waals surface area contributed by atoms with Crippen LogP contribution in [0.4, 0.5) is 9.18 Å². The lowest BCUT2D eigenvalue weighted by atomic mass is 9.84. The van der Waals surface area contributed by atoms with Crippen LogP contribution in [-0.4, -0.2) is 31.3 Å². The molecule has 23 heavy (non-hydrogen) atoms. The second kappa shape index (κ2) is 7.49. The first kappa shape index (κ1) is 18.0. The van der Waals surface area contributed by atoms with E-state index in [2.05, 4.69) is 10.6 Å². The van der Waals surface area contributed by atoms with E-state index >= 15 is 0 Å².